The quantitative estimate of drug-likeness (QED) is 0.860. The number of rotatable bonds is 3. The van der Waals surface area contributed by atoms with Crippen LogP contribution in [0, 0.1) is 3.57 Å². The van der Waals surface area contributed by atoms with Gasteiger partial charge in [0.25, 0.3) is 0 Å². The molecule has 0 fully saturated rings. The Morgan fingerprint density at radius 1 is 1.58 bits per heavy atom. The lowest BCUT2D eigenvalue weighted by molar-refractivity contribution is 0.752. The molecule has 0 radical (unpaired) electrons. The maximum atomic E-state index is 5.63. The van der Waals surface area contributed by atoms with E-state index in [4.69, 9.17) is 5.73 Å². The van der Waals surface area contributed by atoms with Crippen LogP contribution < -0.4 is 5.73 Å². The van der Waals surface area contributed by atoms with E-state index in [0.717, 1.165) is 28.7 Å². The monoisotopic (exact) mass is 277 g/mol. The number of aryl methyl sites for hydroxylation is 1. The van der Waals surface area contributed by atoms with Gasteiger partial charge in [-0.2, -0.15) is 0 Å². The Hall–Kier alpha value is -0.390. The zero-order valence-electron chi connectivity index (χ0n) is 7.05. The Balaban J connectivity index is 2.69. The minimum atomic E-state index is 0.594. The third-order valence-electron chi connectivity index (χ3n) is 1.58. The standard InChI is InChI=1S/C8H12IN3/c1-2-3-4-7-11-5-6(9)8(10)12-7/h5H,2-4H2,1H3,(H2,10,11,12). The van der Waals surface area contributed by atoms with E-state index in [1.165, 1.54) is 0 Å². The number of nitrogens with two attached hydrogens (primary N) is 1. The molecule has 66 valence electrons. The number of hydrogen-bond acceptors (Lipinski definition) is 3. The first-order valence-corrected chi connectivity index (χ1v) is 5.08. The second-order valence-corrected chi connectivity index (χ2v) is 3.79. The summed E-state index contributed by atoms with van der Waals surface area (Å²) in [6.07, 6.45) is 4.99. The van der Waals surface area contributed by atoms with E-state index >= 15 is 0 Å². The topological polar surface area (TPSA) is 51.8 Å². The van der Waals surface area contributed by atoms with Crippen molar-refractivity contribution in [1.29, 1.82) is 0 Å². The molecule has 1 rings (SSSR count). The lowest BCUT2D eigenvalue weighted by atomic mass is 10.2. The van der Waals surface area contributed by atoms with Crippen molar-refractivity contribution in [3.8, 4) is 0 Å². The highest BCUT2D eigenvalue weighted by Gasteiger charge is 1.99. The SMILES string of the molecule is CCCCc1ncc(I)c(N)n1. The smallest absolute Gasteiger partial charge is 0.140 e. The molecule has 0 saturated carbocycles. The Kier molecular flexibility index (Phi) is 3.71. The van der Waals surface area contributed by atoms with E-state index in [-0.39, 0.29) is 0 Å². The van der Waals surface area contributed by atoms with Crippen LogP contribution in [-0.4, -0.2) is 9.97 Å². The fourth-order valence-corrected chi connectivity index (χ4v) is 1.13. The average molecular weight is 277 g/mol. The molecule has 2 N–H and O–H groups in total. The number of anilines is 1. The first-order valence-electron chi connectivity index (χ1n) is 4.01. The first kappa shape index (κ1) is 9.70. The summed E-state index contributed by atoms with van der Waals surface area (Å²) in [5.41, 5.74) is 5.63. The maximum absolute atomic E-state index is 5.63. The van der Waals surface area contributed by atoms with Crippen molar-refractivity contribution in [3.63, 3.8) is 0 Å². The maximum Gasteiger partial charge on any atom is 0.140 e. The fraction of sp³-hybridized carbons (Fsp3) is 0.500. The number of unbranched alkanes of at least 4 members (excludes halogenated alkanes) is 1. The molecule has 0 atom stereocenters. The summed E-state index contributed by atoms with van der Waals surface area (Å²) in [5.74, 6) is 1.45. The number of nitrogen functional groups attached to an aromatic ring is 1. The Morgan fingerprint density at radius 2 is 2.33 bits per heavy atom. The summed E-state index contributed by atoms with van der Waals surface area (Å²) >= 11 is 2.13. The number of hydrogen-bond donors (Lipinski definition) is 1. The van der Waals surface area contributed by atoms with E-state index in [2.05, 4.69) is 39.5 Å². The van der Waals surface area contributed by atoms with Crippen LogP contribution in [0.2, 0.25) is 0 Å². The van der Waals surface area contributed by atoms with Gasteiger partial charge in [0.1, 0.15) is 11.6 Å². The van der Waals surface area contributed by atoms with Gasteiger partial charge in [0.15, 0.2) is 0 Å². The largest absolute Gasteiger partial charge is 0.383 e. The van der Waals surface area contributed by atoms with Crippen molar-refractivity contribution in [2.45, 2.75) is 26.2 Å². The highest BCUT2D eigenvalue weighted by Crippen LogP contribution is 2.10. The third kappa shape index (κ3) is 2.58. The van der Waals surface area contributed by atoms with E-state index in [9.17, 15) is 0 Å². The number of aromatic nitrogens is 2. The molecular weight excluding hydrogens is 265 g/mol. The molecule has 0 spiro atoms. The zero-order valence-corrected chi connectivity index (χ0v) is 9.21. The van der Waals surface area contributed by atoms with Gasteiger partial charge in [0, 0.05) is 12.6 Å². The summed E-state index contributed by atoms with van der Waals surface area (Å²) in [6, 6.07) is 0. The van der Waals surface area contributed by atoms with Crippen molar-refractivity contribution in [2.24, 2.45) is 0 Å². The van der Waals surface area contributed by atoms with Gasteiger partial charge >= 0.3 is 0 Å². The van der Waals surface area contributed by atoms with Crippen molar-refractivity contribution in [3.05, 3.63) is 15.6 Å². The van der Waals surface area contributed by atoms with Gasteiger partial charge in [-0.05, 0) is 29.0 Å². The molecule has 1 aromatic rings. The Morgan fingerprint density at radius 3 is 2.92 bits per heavy atom. The molecule has 0 aliphatic carbocycles. The van der Waals surface area contributed by atoms with Crippen LogP contribution in [0.1, 0.15) is 25.6 Å². The van der Waals surface area contributed by atoms with Crippen LogP contribution in [0.25, 0.3) is 0 Å². The second kappa shape index (κ2) is 4.59. The van der Waals surface area contributed by atoms with Crippen molar-refractivity contribution in [1.82, 2.24) is 9.97 Å². The van der Waals surface area contributed by atoms with Crippen molar-refractivity contribution >= 4 is 28.4 Å². The molecule has 0 aliphatic heterocycles. The van der Waals surface area contributed by atoms with Gasteiger partial charge in [-0.3, -0.25) is 0 Å². The highest BCUT2D eigenvalue weighted by molar-refractivity contribution is 14.1. The molecule has 1 heterocycles. The molecule has 1 aromatic heterocycles. The first-order chi connectivity index (χ1) is 5.74. The van der Waals surface area contributed by atoms with Crippen molar-refractivity contribution < 1.29 is 0 Å². The molecule has 0 amide bonds. The molecule has 0 aliphatic rings. The minimum Gasteiger partial charge on any atom is -0.383 e. The predicted molar refractivity (Wildman–Crippen MR) is 57.8 cm³/mol. The average Bonchev–Trinajstić information content (AvgIpc) is 2.07. The summed E-state index contributed by atoms with van der Waals surface area (Å²) in [4.78, 5) is 8.35. The lowest BCUT2D eigenvalue weighted by Gasteiger charge is -2.00. The molecule has 0 unspecified atom stereocenters. The summed E-state index contributed by atoms with van der Waals surface area (Å²) in [6.45, 7) is 2.15. The fourth-order valence-electron chi connectivity index (χ4n) is 0.874. The minimum absolute atomic E-state index is 0.594. The van der Waals surface area contributed by atoms with Crippen LogP contribution in [0.3, 0.4) is 0 Å². The molecule has 0 saturated heterocycles. The molecule has 3 nitrogen and oxygen atoms in total. The van der Waals surface area contributed by atoms with E-state index in [1.54, 1.807) is 6.20 Å². The third-order valence-corrected chi connectivity index (χ3v) is 2.41. The molecular formula is C8H12IN3. The summed E-state index contributed by atoms with van der Waals surface area (Å²) in [5, 5.41) is 0. The van der Waals surface area contributed by atoms with E-state index in [1.807, 2.05) is 0 Å². The highest BCUT2D eigenvalue weighted by atomic mass is 127. The van der Waals surface area contributed by atoms with Gasteiger partial charge in [-0.15, -0.1) is 0 Å². The van der Waals surface area contributed by atoms with Crippen LogP contribution in [0.4, 0.5) is 5.82 Å². The zero-order chi connectivity index (χ0) is 8.97. The van der Waals surface area contributed by atoms with E-state index in [0.29, 0.717) is 5.82 Å². The normalized spacial score (nSPS) is 10.2. The van der Waals surface area contributed by atoms with Crippen LogP contribution in [0.15, 0.2) is 6.20 Å². The van der Waals surface area contributed by atoms with Crippen molar-refractivity contribution in [2.75, 3.05) is 5.73 Å². The molecule has 0 aromatic carbocycles. The van der Waals surface area contributed by atoms with Gasteiger partial charge in [-0.1, -0.05) is 13.3 Å². The Bertz CT molecular complexity index is 262. The van der Waals surface area contributed by atoms with Crippen LogP contribution >= 0.6 is 22.6 Å². The lowest BCUT2D eigenvalue weighted by Crippen LogP contribution is -2.01. The van der Waals surface area contributed by atoms with Crippen LogP contribution in [-0.2, 0) is 6.42 Å². The van der Waals surface area contributed by atoms with Gasteiger partial charge in [0.05, 0.1) is 3.57 Å². The van der Waals surface area contributed by atoms with E-state index < -0.39 is 0 Å². The molecule has 12 heavy (non-hydrogen) atoms. The second-order valence-electron chi connectivity index (χ2n) is 2.62. The molecule has 4 heteroatoms. The predicted octanol–water partition coefficient (Wildman–Crippen LogP) is 2.01. The molecule has 0 bridgehead atoms. The summed E-state index contributed by atoms with van der Waals surface area (Å²) < 4.78 is 0.924. The van der Waals surface area contributed by atoms with Gasteiger partial charge in [0.2, 0.25) is 0 Å². The van der Waals surface area contributed by atoms with Gasteiger partial charge in [-0.25, -0.2) is 9.97 Å². The van der Waals surface area contributed by atoms with Crippen LogP contribution in [0.5, 0.6) is 0 Å². The number of nitrogens with zero attached hydrogens (tertiary/aromatic N) is 2. The number of halogens is 1. The Labute approximate surface area is 85.9 Å². The van der Waals surface area contributed by atoms with Gasteiger partial charge < -0.3 is 5.73 Å². The summed E-state index contributed by atoms with van der Waals surface area (Å²) in [7, 11) is 0.